The Labute approximate surface area is 80.3 Å². The van der Waals surface area contributed by atoms with Gasteiger partial charge in [0.15, 0.2) is 0 Å². The van der Waals surface area contributed by atoms with E-state index in [2.05, 4.69) is 10.9 Å². The Morgan fingerprint density at radius 2 is 1.64 bits per heavy atom. The number of hydrazine groups is 1. The molecule has 5 heteroatoms. The quantitative estimate of drug-likeness (QED) is 0.414. The third-order valence-corrected chi connectivity index (χ3v) is 2.14. The number of anilines is 1. The number of rotatable bonds is 1. The van der Waals surface area contributed by atoms with Gasteiger partial charge in [0.05, 0.1) is 0 Å². The summed E-state index contributed by atoms with van der Waals surface area (Å²) in [6, 6.07) is 6.83. The number of amides is 2. The highest BCUT2D eigenvalue weighted by atomic mass is 16.2. The predicted octanol–water partition coefficient (Wildman–Crippen LogP) is -0.487. The Morgan fingerprint density at radius 1 is 1.07 bits per heavy atom. The fourth-order valence-corrected chi connectivity index (χ4v) is 1.44. The fourth-order valence-electron chi connectivity index (χ4n) is 1.44. The van der Waals surface area contributed by atoms with E-state index in [9.17, 15) is 9.59 Å². The zero-order valence-electron chi connectivity index (χ0n) is 7.28. The molecule has 1 heterocycles. The van der Waals surface area contributed by atoms with E-state index in [4.69, 9.17) is 5.73 Å². The molecule has 4 N–H and O–H groups in total. The molecule has 72 valence electrons. The molecule has 0 radical (unpaired) electrons. The minimum absolute atomic E-state index is 0.368. The lowest BCUT2D eigenvalue weighted by Crippen LogP contribution is -2.28. The Morgan fingerprint density at radius 3 is 2.21 bits per heavy atom. The van der Waals surface area contributed by atoms with E-state index in [-0.39, 0.29) is 11.8 Å². The first-order valence-corrected chi connectivity index (χ1v) is 4.14. The third kappa shape index (κ3) is 1.19. The van der Waals surface area contributed by atoms with E-state index in [0.717, 1.165) is 0 Å². The summed E-state index contributed by atoms with van der Waals surface area (Å²) >= 11 is 0. The number of hydrogen-bond donors (Lipinski definition) is 3. The summed E-state index contributed by atoms with van der Waals surface area (Å²) in [7, 11) is 0. The summed E-state index contributed by atoms with van der Waals surface area (Å²) in [4.78, 5) is 22.6. The molecule has 1 aliphatic rings. The van der Waals surface area contributed by atoms with Gasteiger partial charge in [-0.3, -0.25) is 20.4 Å². The largest absolute Gasteiger partial charge is 0.398 e. The molecule has 2 rings (SSSR count). The summed E-state index contributed by atoms with van der Waals surface area (Å²) in [5, 5.41) is 0. The minimum atomic E-state index is -0.823. The van der Waals surface area contributed by atoms with Crippen LogP contribution in [0.25, 0.3) is 0 Å². The van der Waals surface area contributed by atoms with E-state index < -0.39 is 5.92 Å². The highest BCUT2D eigenvalue weighted by Crippen LogP contribution is 2.24. The van der Waals surface area contributed by atoms with Crippen LogP contribution in [0.15, 0.2) is 24.3 Å². The minimum Gasteiger partial charge on any atom is -0.398 e. The Bertz CT molecular complexity index is 387. The van der Waals surface area contributed by atoms with Crippen molar-refractivity contribution in [2.75, 3.05) is 5.73 Å². The highest BCUT2D eigenvalue weighted by Gasteiger charge is 2.35. The van der Waals surface area contributed by atoms with Crippen LogP contribution in [0.4, 0.5) is 5.69 Å². The first kappa shape index (κ1) is 8.55. The van der Waals surface area contributed by atoms with Gasteiger partial charge in [-0.15, -0.1) is 0 Å². The van der Waals surface area contributed by atoms with Crippen molar-refractivity contribution in [1.82, 2.24) is 10.9 Å². The number of hydrogen-bond acceptors (Lipinski definition) is 3. The molecule has 5 nitrogen and oxygen atoms in total. The lowest BCUT2D eigenvalue weighted by atomic mass is 9.97. The zero-order valence-corrected chi connectivity index (χ0v) is 7.28. The van der Waals surface area contributed by atoms with Gasteiger partial charge in [-0.2, -0.15) is 0 Å². The van der Waals surface area contributed by atoms with Crippen LogP contribution >= 0.6 is 0 Å². The lowest BCUT2D eigenvalue weighted by Gasteiger charge is -2.07. The Hall–Kier alpha value is -2.04. The molecule has 0 atom stereocenters. The average molecular weight is 191 g/mol. The van der Waals surface area contributed by atoms with E-state index in [1.807, 2.05) is 0 Å². The van der Waals surface area contributed by atoms with Crippen LogP contribution in [0.5, 0.6) is 0 Å². The van der Waals surface area contributed by atoms with Gasteiger partial charge >= 0.3 is 0 Å². The van der Waals surface area contributed by atoms with Crippen LogP contribution in [0.1, 0.15) is 11.5 Å². The van der Waals surface area contributed by atoms with Crippen LogP contribution in [0.3, 0.4) is 0 Å². The second-order valence-electron chi connectivity index (χ2n) is 3.04. The number of benzene rings is 1. The first-order chi connectivity index (χ1) is 6.70. The van der Waals surface area contributed by atoms with Gasteiger partial charge in [0, 0.05) is 5.69 Å². The van der Waals surface area contributed by atoms with Gasteiger partial charge in [-0.25, -0.2) is 0 Å². The molecule has 0 aliphatic carbocycles. The second-order valence-corrected chi connectivity index (χ2v) is 3.04. The van der Waals surface area contributed by atoms with Crippen LogP contribution in [-0.4, -0.2) is 11.8 Å². The maximum Gasteiger partial charge on any atom is 0.255 e. The summed E-state index contributed by atoms with van der Waals surface area (Å²) in [6.07, 6.45) is 0. The number of para-hydroxylation sites is 1. The molecule has 1 aromatic rings. The van der Waals surface area contributed by atoms with Crippen molar-refractivity contribution in [2.45, 2.75) is 5.92 Å². The maximum atomic E-state index is 11.3. The molecule has 14 heavy (non-hydrogen) atoms. The zero-order chi connectivity index (χ0) is 10.1. The summed E-state index contributed by atoms with van der Waals surface area (Å²) < 4.78 is 0. The maximum absolute atomic E-state index is 11.3. The van der Waals surface area contributed by atoms with E-state index in [1.165, 1.54) is 0 Å². The summed E-state index contributed by atoms with van der Waals surface area (Å²) in [6.45, 7) is 0. The second kappa shape index (κ2) is 3.02. The molecular weight excluding hydrogens is 182 g/mol. The highest BCUT2D eigenvalue weighted by molar-refractivity contribution is 6.11. The van der Waals surface area contributed by atoms with E-state index >= 15 is 0 Å². The van der Waals surface area contributed by atoms with Gasteiger partial charge in [0.25, 0.3) is 11.8 Å². The monoisotopic (exact) mass is 191 g/mol. The van der Waals surface area contributed by atoms with Gasteiger partial charge < -0.3 is 5.73 Å². The standard InChI is InChI=1S/C9H9N3O2/c10-6-4-2-1-3-5(6)7-8(13)11-12-9(7)14/h1-4,7H,10H2,(H,11,13)(H,12,14). The van der Waals surface area contributed by atoms with Crippen LogP contribution in [0, 0.1) is 0 Å². The van der Waals surface area contributed by atoms with E-state index in [1.54, 1.807) is 24.3 Å². The molecule has 0 spiro atoms. The van der Waals surface area contributed by atoms with Crippen molar-refractivity contribution in [3.05, 3.63) is 29.8 Å². The number of nitrogens with one attached hydrogen (secondary N) is 2. The number of carbonyl (C=O) groups is 2. The average Bonchev–Trinajstić information content (AvgIpc) is 2.48. The molecule has 1 saturated heterocycles. The Balaban J connectivity index is 2.44. The van der Waals surface area contributed by atoms with Gasteiger partial charge in [-0.1, -0.05) is 18.2 Å². The molecule has 0 unspecified atom stereocenters. The molecule has 1 fully saturated rings. The summed E-state index contributed by atoms with van der Waals surface area (Å²) in [5.74, 6) is -1.56. The number of nitrogens with two attached hydrogens (primary N) is 1. The normalized spacial score (nSPS) is 16.6. The van der Waals surface area contributed by atoms with Crippen LogP contribution < -0.4 is 16.6 Å². The third-order valence-electron chi connectivity index (χ3n) is 2.14. The summed E-state index contributed by atoms with van der Waals surface area (Å²) in [5.41, 5.74) is 11.2. The van der Waals surface area contributed by atoms with Gasteiger partial charge in [0.1, 0.15) is 5.92 Å². The molecular formula is C9H9N3O2. The molecule has 0 saturated carbocycles. The van der Waals surface area contributed by atoms with Gasteiger partial charge in [-0.05, 0) is 11.6 Å². The molecule has 1 aromatic carbocycles. The van der Waals surface area contributed by atoms with Crippen molar-refractivity contribution in [3.63, 3.8) is 0 Å². The van der Waals surface area contributed by atoms with Crippen molar-refractivity contribution in [2.24, 2.45) is 0 Å². The predicted molar refractivity (Wildman–Crippen MR) is 49.9 cm³/mol. The molecule has 0 bridgehead atoms. The molecule has 2 amide bonds. The van der Waals surface area contributed by atoms with Crippen molar-refractivity contribution < 1.29 is 9.59 Å². The first-order valence-electron chi connectivity index (χ1n) is 4.14. The molecule has 1 aliphatic heterocycles. The van der Waals surface area contributed by atoms with Crippen molar-refractivity contribution in [3.8, 4) is 0 Å². The number of carbonyl (C=O) groups excluding carboxylic acids is 2. The Kier molecular flexibility index (Phi) is 1.85. The number of nitrogen functional groups attached to an aromatic ring is 1. The fraction of sp³-hybridized carbons (Fsp3) is 0.111. The van der Waals surface area contributed by atoms with Crippen LogP contribution in [-0.2, 0) is 9.59 Å². The SMILES string of the molecule is Nc1ccccc1C1C(=O)NNC1=O. The van der Waals surface area contributed by atoms with Crippen LogP contribution in [0.2, 0.25) is 0 Å². The smallest absolute Gasteiger partial charge is 0.255 e. The van der Waals surface area contributed by atoms with E-state index in [0.29, 0.717) is 11.3 Å². The van der Waals surface area contributed by atoms with Gasteiger partial charge in [0.2, 0.25) is 0 Å². The van der Waals surface area contributed by atoms with Crippen molar-refractivity contribution >= 4 is 17.5 Å². The van der Waals surface area contributed by atoms with Crippen molar-refractivity contribution in [1.29, 1.82) is 0 Å². The topological polar surface area (TPSA) is 84.2 Å². The lowest BCUT2D eigenvalue weighted by molar-refractivity contribution is -0.124. The molecule has 0 aromatic heterocycles.